The van der Waals surface area contributed by atoms with Gasteiger partial charge >= 0.3 is 17.9 Å². The Bertz CT molecular complexity index is 2010. The molecule has 3 aromatic carbocycles. The largest absolute Gasteiger partial charge is 0.508 e. The van der Waals surface area contributed by atoms with Crippen molar-refractivity contribution in [1.29, 1.82) is 0 Å². The van der Waals surface area contributed by atoms with Crippen molar-refractivity contribution in [2.75, 3.05) is 14.2 Å². The Balaban J connectivity index is 0.000000235. The second-order valence-corrected chi connectivity index (χ2v) is 9.09. The van der Waals surface area contributed by atoms with Gasteiger partial charge in [0.1, 0.15) is 17.2 Å². The van der Waals surface area contributed by atoms with Crippen LogP contribution < -0.4 is 4.74 Å². The zero-order valence-corrected chi connectivity index (χ0v) is 23.3. The number of carboxylic acid groups (broad SMARTS) is 2. The minimum atomic E-state index is -1.01. The van der Waals surface area contributed by atoms with Gasteiger partial charge in [-0.25, -0.2) is 14.4 Å². The SMILES string of the molecule is C.C.COC(=O)c1cnc2cc(O)ccc2c1.COc1ccc2cc(C(=O)O)cnc2c1.O=C(O)c1cnc2cc(O)ccc2c1. The molecule has 0 saturated carbocycles. The summed E-state index contributed by atoms with van der Waals surface area (Å²) in [5.41, 5.74) is 2.67. The summed E-state index contributed by atoms with van der Waals surface area (Å²) in [6, 6.07) is 19.5. The first-order chi connectivity index (χ1) is 21.1. The Morgan fingerprint density at radius 1 is 0.565 bits per heavy atom. The van der Waals surface area contributed by atoms with Crippen LogP contribution in [0.5, 0.6) is 17.2 Å². The van der Waals surface area contributed by atoms with Crippen molar-refractivity contribution in [3.63, 3.8) is 0 Å². The number of aromatic hydroxyl groups is 2. The molecule has 0 aliphatic heterocycles. The van der Waals surface area contributed by atoms with E-state index in [-0.39, 0.29) is 37.5 Å². The topological polar surface area (TPSA) is 189 Å². The van der Waals surface area contributed by atoms with Crippen LogP contribution in [-0.2, 0) is 4.74 Å². The molecule has 0 aliphatic carbocycles. The number of nitrogens with zero attached hydrogens (tertiary/aromatic N) is 3. The normalized spacial score (nSPS) is 9.78. The van der Waals surface area contributed by atoms with Gasteiger partial charge in [-0.3, -0.25) is 15.0 Å². The smallest absolute Gasteiger partial charge is 0.339 e. The van der Waals surface area contributed by atoms with Gasteiger partial charge in [0.2, 0.25) is 0 Å². The van der Waals surface area contributed by atoms with Crippen LogP contribution in [0.25, 0.3) is 32.7 Å². The van der Waals surface area contributed by atoms with E-state index in [1.807, 2.05) is 0 Å². The number of fused-ring (bicyclic) bond motifs is 3. The van der Waals surface area contributed by atoms with E-state index >= 15 is 0 Å². The molecule has 12 nitrogen and oxygen atoms in total. The second-order valence-electron chi connectivity index (χ2n) is 9.09. The summed E-state index contributed by atoms with van der Waals surface area (Å²) in [4.78, 5) is 44.6. The Morgan fingerprint density at radius 2 is 0.957 bits per heavy atom. The summed E-state index contributed by atoms with van der Waals surface area (Å²) in [6.07, 6.45) is 4.03. The van der Waals surface area contributed by atoms with Crippen molar-refractivity contribution in [2.24, 2.45) is 0 Å². The molecule has 0 radical (unpaired) electrons. The Hall–Kier alpha value is -6.30. The van der Waals surface area contributed by atoms with E-state index in [0.29, 0.717) is 27.7 Å². The monoisotopic (exact) mass is 627 g/mol. The number of carbonyl (C=O) groups is 3. The third kappa shape index (κ3) is 8.86. The molecule has 0 saturated heterocycles. The van der Waals surface area contributed by atoms with E-state index in [2.05, 4.69) is 19.7 Å². The van der Waals surface area contributed by atoms with E-state index in [9.17, 15) is 19.5 Å². The molecule has 0 amide bonds. The van der Waals surface area contributed by atoms with Crippen LogP contribution in [0.3, 0.4) is 0 Å². The highest BCUT2D eigenvalue weighted by atomic mass is 16.5. The van der Waals surface area contributed by atoms with Crippen molar-refractivity contribution in [2.45, 2.75) is 14.9 Å². The van der Waals surface area contributed by atoms with Gasteiger partial charge in [0.05, 0.1) is 47.5 Å². The summed E-state index contributed by atoms with van der Waals surface area (Å²) in [5, 5.41) is 38.1. The number of ether oxygens (including phenoxy) is 2. The second kappa shape index (κ2) is 16.0. The number of carbonyl (C=O) groups excluding carboxylic acids is 1. The number of phenols is 2. The summed E-state index contributed by atoms with van der Waals surface area (Å²) < 4.78 is 9.62. The third-order valence-corrected chi connectivity index (χ3v) is 6.14. The summed E-state index contributed by atoms with van der Waals surface area (Å²) in [7, 11) is 2.90. The Kier molecular flexibility index (Phi) is 12.5. The van der Waals surface area contributed by atoms with E-state index < -0.39 is 17.9 Å². The van der Waals surface area contributed by atoms with Crippen molar-refractivity contribution < 1.29 is 44.3 Å². The maximum Gasteiger partial charge on any atom is 0.339 e. The predicted octanol–water partition coefficient (Wildman–Crippen LogP) is 6.58. The van der Waals surface area contributed by atoms with Crippen molar-refractivity contribution in [1.82, 2.24) is 15.0 Å². The molecule has 6 rings (SSSR count). The number of hydrogen-bond acceptors (Lipinski definition) is 10. The quantitative estimate of drug-likeness (QED) is 0.154. The molecule has 4 N–H and O–H groups in total. The van der Waals surface area contributed by atoms with Gasteiger partial charge in [-0.15, -0.1) is 0 Å². The molecule has 0 bridgehead atoms. The molecule has 0 spiro atoms. The van der Waals surface area contributed by atoms with E-state index in [1.165, 1.54) is 50.0 Å². The molecule has 6 aromatic rings. The molecule has 0 atom stereocenters. The van der Waals surface area contributed by atoms with E-state index in [1.54, 1.807) is 55.6 Å². The van der Waals surface area contributed by atoms with Gasteiger partial charge in [-0.1, -0.05) is 14.9 Å². The maximum absolute atomic E-state index is 11.2. The Morgan fingerprint density at radius 3 is 1.37 bits per heavy atom. The van der Waals surface area contributed by atoms with Gasteiger partial charge in [0, 0.05) is 52.9 Å². The van der Waals surface area contributed by atoms with Crippen LogP contribution in [-0.4, -0.2) is 67.5 Å². The number of rotatable bonds is 4. The maximum atomic E-state index is 11.2. The average molecular weight is 628 g/mol. The average Bonchev–Trinajstić information content (AvgIpc) is 3.03. The number of hydrogen-bond donors (Lipinski definition) is 4. The van der Waals surface area contributed by atoms with Crippen molar-refractivity contribution in [3.8, 4) is 17.2 Å². The van der Waals surface area contributed by atoms with Crippen LogP contribution in [0.4, 0.5) is 0 Å². The van der Waals surface area contributed by atoms with Gasteiger partial charge in [0.25, 0.3) is 0 Å². The number of benzene rings is 3. The number of esters is 1. The van der Waals surface area contributed by atoms with Gasteiger partial charge in [0.15, 0.2) is 0 Å². The van der Waals surface area contributed by atoms with Gasteiger partial charge in [-0.05, 0) is 54.6 Å². The third-order valence-electron chi connectivity index (χ3n) is 6.14. The first kappa shape index (κ1) is 35.9. The summed E-state index contributed by atoms with van der Waals surface area (Å²) in [5.74, 6) is -1.42. The minimum absolute atomic E-state index is 0. The fourth-order valence-electron chi connectivity index (χ4n) is 3.91. The predicted molar refractivity (Wildman–Crippen MR) is 174 cm³/mol. The molecule has 0 fully saturated rings. The zero-order chi connectivity index (χ0) is 31.8. The Labute approximate surface area is 264 Å². The summed E-state index contributed by atoms with van der Waals surface area (Å²) >= 11 is 0. The van der Waals surface area contributed by atoms with Crippen LogP contribution in [0.15, 0.2) is 91.4 Å². The molecule has 3 aromatic heterocycles. The van der Waals surface area contributed by atoms with Crippen LogP contribution >= 0.6 is 0 Å². The minimum Gasteiger partial charge on any atom is -0.508 e. The number of carboxylic acids is 2. The van der Waals surface area contributed by atoms with Crippen LogP contribution in [0.2, 0.25) is 0 Å². The van der Waals surface area contributed by atoms with E-state index in [0.717, 1.165) is 16.3 Å². The standard InChI is InChI=1S/2C11H9NO3.C10H7NO3.2CH4/c1-15-9-3-2-7-4-8(11(13)14)6-12-10(7)5-9;1-15-11(14)8-4-7-2-3-9(13)5-10(7)12-6-8;12-8-2-1-6-3-7(10(13)14)5-11-9(6)4-8;;/h2-6H,1H3,(H,13,14);2-6,13H,1H3;1-5,12H,(H,13,14);2*1H4. The lowest BCUT2D eigenvalue weighted by molar-refractivity contribution is 0.0598. The van der Waals surface area contributed by atoms with Gasteiger partial charge in [-0.2, -0.15) is 0 Å². The molecule has 46 heavy (non-hydrogen) atoms. The molecule has 0 aliphatic rings. The molecular formula is C34H33N3O9. The number of aromatic nitrogens is 3. The number of phenolic OH excluding ortho intramolecular Hbond substituents is 2. The lowest BCUT2D eigenvalue weighted by atomic mass is 10.1. The lowest BCUT2D eigenvalue weighted by Gasteiger charge is -2.02. The van der Waals surface area contributed by atoms with Crippen LogP contribution in [0.1, 0.15) is 45.9 Å². The molecule has 238 valence electrons. The molecule has 3 heterocycles. The molecule has 12 heteroatoms. The zero-order valence-electron chi connectivity index (χ0n) is 23.3. The highest BCUT2D eigenvalue weighted by Crippen LogP contribution is 2.21. The highest BCUT2D eigenvalue weighted by Gasteiger charge is 2.08. The molecular weight excluding hydrogens is 594 g/mol. The van der Waals surface area contributed by atoms with Crippen molar-refractivity contribution >= 4 is 50.6 Å². The first-order valence-corrected chi connectivity index (χ1v) is 12.7. The number of pyridine rings is 3. The first-order valence-electron chi connectivity index (χ1n) is 12.7. The molecule has 0 unspecified atom stereocenters. The van der Waals surface area contributed by atoms with Gasteiger partial charge < -0.3 is 29.9 Å². The van der Waals surface area contributed by atoms with Crippen LogP contribution in [0, 0.1) is 0 Å². The van der Waals surface area contributed by atoms with Crippen molar-refractivity contribution in [3.05, 3.63) is 108 Å². The number of aromatic carboxylic acids is 2. The number of methoxy groups -OCH3 is 2. The fourth-order valence-corrected chi connectivity index (χ4v) is 3.91. The fraction of sp³-hybridized carbons (Fsp3) is 0.118. The van der Waals surface area contributed by atoms with E-state index in [4.69, 9.17) is 20.1 Å². The lowest BCUT2D eigenvalue weighted by Crippen LogP contribution is -2.01. The summed E-state index contributed by atoms with van der Waals surface area (Å²) in [6.45, 7) is 0. The highest BCUT2D eigenvalue weighted by molar-refractivity contribution is 5.94.